The molecular formula is C11H11Cl2FO3. The van der Waals surface area contributed by atoms with Crippen molar-refractivity contribution >= 4 is 29.2 Å². The number of rotatable bonds is 4. The summed E-state index contributed by atoms with van der Waals surface area (Å²) < 4.78 is 18.0. The van der Waals surface area contributed by atoms with Crippen LogP contribution in [0.1, 0.15) is 18.6 Å². The summed E-state index contributed by atoms with van der Waals surface area (Å²) in [6, 6.07) is 4.12. The first-order chi connectivity index (χ1) is 7.97. The van der Waals surface area contributed by atoms with Crippen molar-refractivity contribution < 1.29 is 19.0 Å². The lowest BCUT2D eigenvalue weighted by atomic mass is 10.1. The molecule has 0 aliphatic rings. The lowest BCUT2D eigenvalue weighted by molar-refractivity contribution is -0.153. The molecule has 0 spiro atoms. The van der Waals surface area contributed by atoms with Gasteiger partial charge in [-0.25, -0.2) is 9.18 Å². The summed E-state index contributed by atoms with van der Waals surface area (Å²) in [6.07, 6.45) is -3.77. The maximum Gasteiger partial charge on any atom is 0.343 e. The predicted octanol–water partition coefficient (Wildman–Crippen LogP) is 2.93. The number of hydrogen-bond donors (Lipinski definition) is 1. The highest BCUT2D eigenvalue weighted by Gasteiger charge is 2.29. The Morgan fingerprint density at radius 1 is 1.47 bits per heavy atom. The zero-order chi connectivity index (χ0) is 13.0. The quantitative estimate of drug-likeness (QED) is 0.863. The highest BCUT2D eigenvalue weighted by molar-refractivity contribution is 6.42. The highest BCUT2D eigenvalue weighted by Crippen LogP contribution is 2.28. The fourth-order valence-corrected chi connectivity index (χ4v) is 1.52. The lowest BCUT2D eigenvalue weighted by Gasteiger charge is -2.15. The monoisotopic (exact) mass is 280 g/mol. The molecule has 6 heteroatoms. The molecule has 0 aliphatic carbocycles. The summed E-state index contributed by atoms with van der Waals surface area (Å²) in [4.78, 5) is 11.1. The highest BCUT2D eigenvalue weighted by atomic mass is 35.5. The molecule has 1 rings (SSSR count). The van der Waals surface area contributed by atoms with Crippen LogP contribution < -0.4 is 0 Å². The van der Waals surface area contributed by atoms with Crippen LogP contribution in [0, 0.1) is 0 Å². The summed E-state index contributed by atoms with van der Waals surface area (Å²) in [7, 11) is 0. The second-order valence-corrected chi connectivity index (χ2v) is 4.09. The Kier molecular flexibility index (Phi) is 5.18. The van der Waals surface area contributed by atoms with Crippen LogP contribution in [0.15, 0.2) is 18.2 Å². The van der Waals surface area contributed by atoms with Gasteiger partial charge in [0, 0.05) is 0 Å². The van der Waals surface area contributed by atoms with Crippen molar-refractivity contribution in [1.82, 2.24) is 0 Å². The van der Waals surface area contributed by atoms with Crippen LogP contribution >= 0.6 is 23.2 Å². The second-order valence-electron chi connectivity index (χ2n) is 3.27. The molecule has 1 N–H and O–H groups in total. The molecule has 2 atom stereocenters. The molecule has 0 aliphatic heterocycles. The normalized spacial score (nSPS) is 14.2. The molecule has 3 nitrogen and oxygen atoms in total. The van der Waals surface area contributed by atoms with Gasteiger partial charge in [-0.3, -0.25) is 0 Å². The number of aliphatic hydroxyl groups excluding tert-OH is 1. The van der Waals surface area contributed by atoms with Crippen LogP contribution in [0.3, 0.4) is 0 Å². The van der Waals surface area contributed by atoms with Crippen LogP contribution in [0.4, 0.5) is 4.39 Å². The van der Waals surface area contributed by atoms with Crippen LogP contribution in [0.2, 0.25) is 10.0 Å². The Bertz CT molecular complexity index is 412. The molecule has 0 saturated carbocycles. The average molecular weight is 281 g/mol. The predicted molar refractivity (Wildman–Crippen MR) is 63.0 cm³/mol. The average Bonchev–Trinajstić information content (AvgIpc) is 2.31. The molecule has 0 aromatic heterocycles. The van der Waals surface area contributed by atoms with Gasteiger partial charge >= 0.3 is 5.97 Å². The van der Waals surface area contributed by atoms with Crippen molar-refractivity contribution in [3.8, 4) is 0 Å². The molecule has 2 unspecified atom stereocenters. The Morgan fingerprint density at radius 3 is 2.65 bits per heavy atom. The van der Waals surface area contributed by atoms with E-state index in [-0.39, 0.29) is 22.2 Å². The van der Waals surface area contributed by atoms with E-state index in [0.717, 1.165) is 0 Å². The first-order valence-corrected chi connectivity index (χ1v) is 5.66. The number of carbonyl (C=O) groups is 1. The second kappa shape index (κ2) is 6.19. The molecule has 17 heavy (non-hydrogen) atoms. The first kappa shape index (κ1) is 14.2. The summed E-state index contributed by atoms with van der Waals surface area (Å²) >= 11 is 11.4. The van der Waals surface area contributed by atoms with E-state index in [0.29, 0.717) is 0 Å². The third-order valence-electron chi connectivity index (χ3n) is 2.07. The zero-order valence-electron chi connectivity index (χ0n) is 8.99. The molecule has 0 heterocycles. The van der Waals surface area contributed by atoms with E-state index in [1.54, 1.807) is 6.92 Å². The maximum atomic E-state index is 13.5. The Hall–Kier alpha value is -0.840. The summed E-state index contributed by atoms with van der Waals surface area (Å²) in [5, 5.41) is 10.1. The minimum atomic E-state index is -2.15. The van der Waals surface area contributed by atoms with Crippen molar-refractivity contribution in [2.75, 3.05) is 6.61 Å². The van der Waals surface area contributed by atoms with Gasteiger partial charge in [0.05, 0.1) is 16.7 Å². The number of carbonyl (C=O) groups excluding carboxylic acids is 1. The van der Waals surface area contributed by atoms with Gasteiger partial charge in [-0.2, -0.15) is 0 Å². The van der Waals surface area contributed by atoms with E-state index >= 15 is 0 Å². The maximum absolute atomic E-state index is 13.5. The third kappa shape index (κ3) is 3.56. The minimum absolute atomic E-state index is 0.0490. The van der Waals surface area contributed by atoms with E-state index in [4.69, 9.17) is 23.2 Å². The summed E-state index contributed by atoms with van der Waals surface area (Å²) in [5.41, 5.74) is 0.167. The van der Waals surface area contributed by atoms with Crippen molar-refractivity contribution in [2.45, 2.75) is 19.2 Å². The lowest BCUT2D eigenvalue weighted by Crippen LogP contribution is -2.26. The number of halogens is 3. The van der Waals surface area contributed by atoms with Gasteiger partial charge in [0.2, 0.25) is 6.17 Å². The number of ether oxygens (including phenoxy) is 1. The molecule has 0 radical (unpaired) electrons. The van der Waals surface area contributed by atoms with Gasteiger partial charge in [-0.1, -0.05) is 29.3 Å². The number of aliphatic hydroxyl groups is 1. The van der Waals surface area contributed by atoms with Crippen LogP contribution in [0.25, 0.3) is 0 Å². The van der Waals surface area contributed by atoms with Gasteiger partial charge in [0.15, 0.2) is 0 Å². The molecule has 1 aromatic carbocycles. The Morgan fingerprint density at radius 2 is 2.12 bits per heavy atom. The SMILES string of the molecule is CCOC(=O)C(F)C(O)c1ccc(Cl)c(Cl)c1. The smallest absolute Gasteiger partial charge is 0.343 e. The molecule has 0 fully saturated rings. The first-order valence-electron chi connectivity index (χ1n) is 4.91. The van der Waals surface area contributed by atoms with Crippen LogP contribution in [-0.4, -0.2) is 23.9 Å². The van der Waals surface area contributed by atoms with Crippen LogP contribution in [-0.2, 0) is 9.53 Å². The van der Waals surface area contributed by atoms with Gasteiger partial charge in [-0.15, -0.1) is 0 Å². The zero-order valence-corrected chi connectivity index (χ0v) is 10.5. The molecule has 0 bridgehead atoms. The summed E-state index contributed by atoms with van der Waals surface area (Å²) in [5.74, 6) is -1.11. The molecule has 0 saturated heterocycles. The van der Waals surface area contributed by atoms with E-state index in [1.165, 1.54) is 18.2 Å². The Balaban J connectivity index is 2.84. The van der Waals surface area contributed by atoms with E-state index in [9.17, 15) is 14.3 Å². The Labute approximate surface area is 108 Å². The van der Waals surface area contributed by atoms with Gasteiger partial charge < -0.3 is 9.84 Å². The standard InChI is InChI=1S/C11H11Cl2FO3/c1-2-17-11(16)9(14)10(15)6-3-4-7(12)8(13)5-6/h3-5,9-10,15H,2H2,1H3. The number of benzene rings is 1. The number of esters is 1. The number of hydrogen-bond acceptors (Lipinski definition) is 3. The van der Waals surface area contributed by atoms with E-state index in [2.05, 4.69) is 4.74 Å². The fourth-order valence-electron chi connectivity index (χ4n) is 1.22. The molecular weight excluding hydrogens is 270 g/mol. The van der Waals surface area contributed by atoms with Crippen molar-refractivity contribution in [2.24, 2.45) is 0 Å². The van der Waals surface area contributed by atoms with Crippen molar-refractivity contribution in [3.63, 3.8) is 0 Å². The topological polar surface area (TPSA) is 46.5 Å². The van der Waals surface area contributed by atoms with Crippen LogP contribution in [0.5, 0.6) is 0 Å². The fraction of sp³-hybridized carbons (Fsp3) is 0.364. The summed E-state index contributed by atoms with van der Waals surface area (Å²) in [6.45, 7) is 1.60. The van der Waals surface area contributed by atoms with Crippen molar-refractivity contribution in [3.05, 3.63) is 33.8 Å². The minimum Gasteiger partial charge on any atom is -0.464 e. The van der Waals surface area contributed by atoms with E-state index in [1.807, 2.05) is 0 Å². The van der Waals surface area contributed by atoms with Gasteiger partial charge in [0.1, 0.15) is 6.10 Å². The van der Waals surface area contributed by atoms with Gasteiger partial charge in [0.25, 0.3) is 0 Å². The van der Waals surface area contributed by atoms with E-state index < -0.39 is 18.2 Å². The van der Waals surface area contributed by atoms with Gasteiger partial charge in [-0.05, 0) is 24.6 Å². The number of alkyl halides is 1. The molecule has 94 valence electrons. The van der Waals surface area contributed by atoms with Crippen molar-refractivity contribution in [1.29, 1.82) is 0 Å². The largest absolute Gasteiger partial charge is 0.464 e. The third-order valence-corrected chi connectivity index (χ3v) is 2.81. The molecule has 1 aromatic rings. The molecule has 0 amide bonds.